The average Bonchev–Trinajstić information content (AvgIpc) is 2.56. The fourth-order valence-electron chi connectivity index (χ4n) is 3.58. The van der Waals surface area contributed by atoms with E-state index in [1.54, 1.807) is 6.07 Å². The predicted octanol–water partition coefficient (Wildman–Crippen LogP) is 1.73. The highest BCUT2D eigenvalue weighted by molar-refractivity contribution is 5.86. The Morgan fingerprint density at radius 1 is 1.42 bits per heavy atom. The summed E-state index contributed by atoms with van der Waals surface area (Å²) in [6.07, 6.45) is 3.05. The van der Waals surface area contributed by atoms with Crippen LogP contribution in [0.2, 0.25) is 0 Å². The second kappa shape index (κ2) is 7.07. The Morgan fingerprint density at radius 2 is 2.17 bits per heavy atom. The van der Waals surface area contributed by atoms with E-state index in [0.29, 0.717) is 26.1 Å². The molecule has 132 valence electrons. The number of piperidine rings is 1. The number of aryl methyl sites for hydroxylation is 1. The highest BCUT2D eigenvalue weighted by atomic mass is 19.1. The van der Waals surface area contributed by atoms with Crippen LogP contribution in [0.5, 0.6) is 0 Å². The molecule has 2 saturated heterocycles. The van der Waals surface area contributed by atoms with Gasteiger partial charge in [0.1, 0.15) is 5.82 Å². The molecule has 0 saturated carbocycles. The molecule has 1 unspecified atom stereocenters. The first kappa shape index (κ1) is 17.2. The summed E-state index contributed by atoms with van der Waals surface area (Å²) in [5.74, 6) is -0.295. The second-order valence-corrected chi connectivity index (χ2v) is 6.96. The summed E-state index contributed by atoms with van der Waals surface area (Å²) in [6, 6.07) is 4.92. The number of amides is 1. The molecule has 2 aliphatic rings. The third-order valence-electron chi connectivity index (χ3n) is 5.09. The summed E-state index contributed by atoms with van der Waals surface area (Å²) in [5.41, 5.74) is 7.40. The third kappa shape index (κ3) is 3.70. The topological polar surface area (TPSA) is 67.6 Å². The van der Waals surface area contributed by atoms with Crippen molar-refractivity contribution in [2.45, 2.75) is 44.2 Å². The van der Waals surface area contributed by atoms with Gasteiger partial charge in [-0.05, 0) is 56.4 Å². The highest BCUT2D eigenvalue weighted by Gasteiger charge is 2.37. The van der Waals surface area contributed by atoms with E-state index in [1.807, 2.05) is 13.0 Å². The normalized spacial score (nSPS) is 23.8. The Hall–Kier alpha value is -1.66. The number of nitrogens with one attached hydrogen (secondary N) is 1. The SMILES string of the molecule is Cc1cc(F)ccc1N1CCCC(NC(=O)C2(N)CCOCC2)C1. The van der Waals surface area contributed by atoms with Crippen molar-refractivity contribution in [3.63, 3.8) is 0 Å². The monoisotopic (exact) mass is 335 g/mol. The van der Waals surface area contributed by atoms with Crippen molar-refractivity contribution in [2.24, 2.45) is 5.73 Å². The van der Waals surface area contributed by atoms with Gasteiger partial charge in [0, 0.05) is 38.0 Å². The van der Waals surface area contributed by atoms with Crippen molar-refractivity contribution in [2.75, 3.05) is 31.2 Å². The van der Waals surface area contributed by atoms with E-state index in [4.69, 9.17) is 10.5 Å². The lowest BCUT2D eigenvalue weighted by Crippen LogP contribution is -2.60. The molecule has 1 aromatic carbocycles. The van der Waals surface area contributed by atoms with Crippen LogP contribution in [-0.2, 0) is 9.53 Å². The first-order valence-electron chi connectivity index (χ1n) is 8.67. The molecular weight excluding hydrogens is 309 g/mol. The molecular formula is C18H26FN3O2. The Bertz CT molecular complexity index is 602. The molecule has 0 bridgehead atoms. The zero-order chi connectivity index (χ0) is 17.2. The number of carbonyl (C=O) groups excluding carboxylic acids is 1. The summed E-state index contributed by atoms with van der Waals surface area (Å²) >= 11 is 0. The van der Waals surface area contributed by atoms with Crippen LogP contribution in [0, 0.1) is 12.7 Å². The van der Waals surface area contributed by atoms with Gasteiger partial charge in [-0.25, -0.2) is 4.39 Å². The Kier molecular flexibility index (Phi) is 5.06. The summed E-state index contributed by atoms with van der Waals surface area (Å²) in [6.45, 7) is 4.63. The maximum absolute atomic E-state index is 13.3. The number of nitrogens with zero attached hydrogens (tertiary/aromatic N) is 1. The number of halogens is 1. The minimum atomic E-state index is -0.813. The van der Waals surface area contributed by atoms with Crippen LogP contribution in [0.3, 0.4) is 0 Å². The smallest absolute Gasteiger partial charge is 0.240 e. The first-order valence-corrected chi connectivity index (χ1v) is 8.67. The van der Waals surface area contributed by atoms with Gasteiger partial charge in [0.05, 0.1) is 5.54 Å². The standard InChI is InChI=1S/C18H26FN3O2/c1-13-11-14(19)4-5-16(13)22-8-2-3-15(12-22)21-17(23)18(20)6-9-24-10-7-18/h4-5,11,15H,2-3,6-10,12,20H2,1H3,(H,21,23). The summed E-state index contributed by atoms with van der Waals surface area (Å²) in [7, 11) is 0. The van der Waals surface area contributed by atoms with Crippen molar-refractivity contribution in [1.82, 2.24) is 5.32 Å². The fourth-order valence-corrected chi connectivity index (χ4v) is 3.58. The molecule has 2 fully saturated rings. The molecule has 2 heterocycles. The number of anilines is 1. The maximum Gasteiger partial charge on any atom is 0.240 e. The summed E-state index contributed by atoms with van der Waals surface area (Å²) in [5, 5.41) is 3.12. The van der Waals surface area contributed by atoms with E-state index in [0.717, 1.165) is 37.2 Å². The van der Waals surface area contributed by atoms with E-state index in [9.17, 15) is 9.18 Å². The number of benzene rings is 1. The number of ether oxygens (including phenoxy) is 1. The molecule has 1 amide bonds. The molecule has 6 heteroatoms. The lowest BCUT2D eigenvalue weighted by atomic mass is 9.89. The van der Waals surface area contributed by atoms with Crippen LogP contribution in [-0.4, -0.2) is 43.8 Å². The second-order valence-electron chi connectivity index (χ2n) is 6.96. The minimum Gasteiger partial charge on any atom is -0.381 e. The molecule has 0 spiro atoms. The number of nitrogens with two attached hydrogens (primary N) is 1. The zero-order valence-electron chi connectivity index (χ0n) is 14.2. The number of hydrogen-bond acceptors (Lipinski definition) is 4. The fraction of sp³-hybridized carbons (Fsp3) is 0.611. The van der Waals surface area contributed by atoms with E-state index in [2.05, 4.69) is 10.2 Å². The van der Waals surface area contributed by atoms with Crippen LogP contribution < -0.4 is 16.0 Å². The van der Waals surface area contributed by atoms with Gasteiger partial charge in [-0.2, -0.15) is 0 Å². The molecule has 3 rings (SSSR count). The lowest BCUT2D eigenvalue weighted by molar-refractivity contribution is -0.130. The van der Waals surface area contributed by atoms with E-state index in [1.165, 1.54) is 6.07 Å². The van der Waals surface area contributed by atoms with Gasteiger partial charge in [-0.1, -0.05) is 0 Å². The number of hydrogen-bond donors (Lipinski definition) is 2. The molecule has 1 atom stereocenters. The minimum absolute atomic E-state index is 0.0685. The Morgan fingerprint density at radius 3 is 2.88 bits per heavy atom. The van der Waals surface area contributed by atoms with Crippen molar-refractivity contribution in [3.05, 3.63) is 29.6 Å². The maximum atomic E-state index is 13.3. The lowest BCUT2D eigenvalue weighted by Gasteiger charge is -2.38. The highest BCUT2D eigenvalue weighted by Crippen LogP contribution is 2.25. The Labute approximate surface area is 142 Å². The molecule has 0 aliphatic carbocycles. The van der Waals surface area contributed by atoms with Crippen molar-refractivity contribution >= 4 is 11.6 Å². The van der Waals surface area contributed by atoms with Crippen LogP contribution in [0.15, 0.2) is 18.2 Å². The van der Waals surface area contributed by atoms with Gasteiger partial charge in [-0.3, -0.25) is 4.79 Å². The van der Waals surface area contributed by atoms with Crippen LogP contribution >= 0.6 is 0 Å². The van der Waals surface area contributed by atoms with Crippen LogP contribution in [0.4, 0.5) is 10.1 Å². The number of carbonyl (C=O) groups is 1. The van der Waals surface area contributed by atoms with Crippen LogP contribution in [0.1, 0.15) is 31.2 Å². The molecule has 24 heavy (non-hydrogen) atoms. The van der Waals surface area contributed by atoms with Gasteiger partial charge in [0.25, 0.3) is 0 Å². The van der Waals surface area contributed by atoms with Crippen molar-refractivity contribution in [1.29, 1.82) is 0 Å². The summed E-state index contributed by atoms with van der Waals surface area (Å²) < 4.78 is 18.6. The van der Waals surface area contributed by atoms with E-state index in [-0.39, 0.29) is 17.8 Å². The molecule has 2 aliphatic heterocycles. The molecule has 0 aromatic heterocycles. The van der Waals surface area contributed by atoms with Gasteiger partial charge in [0.15, 0.2) is 0 Å². The third-order valence-corrected chi connectivity index (χ3v) is 5.09. The number of rotatable bonds is 3. The van der Waals surface area contributed by atoms with Crippen molar-refractivity contribution < 1.29 is 13.9 Å². The molecule has 5 nitrogen and oxygen atoms in total. The van der Waals surface area contributed by atoms with Crippen molar-refractivity contribution in [3.8, 4) is 0 Å². The predicted molar refractivity (Wildman–Crippen MR) is 91.5 cm³/mol. The van der Waals surface area contributed by atoms with Gasteiger partial charge >= 0.3 is 0 Å². The average molecular weight is 335 g/mol. The van der Waals surface area contributed by atoms with Gasteiger partial charge < -0.3 is 20.7 Å². The van der Waals surface area contributed by atoms with E-state index < -0.39 is 5.54 Å². The molecule has 3 N–H and O–H groups in total. The quantitative estimate of drug-likeness (QED) is 0.883. The van der Waals surface area contributed by atoms with Crippen LogP contribution in [0.25, 0.3) is 0 Å². The zero-order valence-corrected chi connectivity index (χ0v) is 14.2. The largest absolute Gasteiger partial charge is 0.381 e. The molecule has 0 radical (unpaired) electrons. The van der Waals surface area contributed by atoms with E-state index >= 15 is 0 Å². The molecule has 1 aromatic rings. The first-order chi connectivity index (χ1) is 11.5. The van der Waals surface area contributed by atoms with Gasteiger partial charge in [0.2, 0.25) is 5.91 Å². The summed E-state index contributed by atoms with van der Waals surface area (Å²) in [4.78, 5) is 14.8. The van der Waals surface area contributed by atoms with Gasteiger partial charge in [-0.15, -0.1) is 0 Å². The Balaban J connectivity index is 1.64.